The van der Waals surface area contributed by atoms with Crippen molar-refractivity contribution in [3.63, 3.8) is 0 Å². The monoisotopic (exact) mass is 242 g/mol. The van der Waals surface area contributed by atoms with E-state index in [9.17, 15) is 4.39 Å². The van der Waals surface area contributed by atoms with Gasteiger partial charge >= 0.3 is 0 Å². The van der Waals surface area contributed by atoms with Crippen molar-refractivity contribution in [2.75, 3.05) is 0 Å². The second-order valence-electron chi connectivity index (χ2n) is 3.98. The van der Waals surface area contributed by atoms with Crippen molar-refractivity contribution in [2.24, 2.45) is 0 Å². The molecule has 0 unspecified atom stereocenters. The van der Waals surface area contributed by atoms with Crippen molar-refractivity contribution < 1.29 is 4.39 Å². The maximum atomic E-state index is 12.4. The van der Waals surface area contributed by atoms with E-state index in [-0.39, 0.29) is 0 Å². The molecule has 1 heterocycles. The maximum absolute atomic E-state index is 12.4. The van der Waals surface area contributed by atoms with Crippen LogP contribution in [-0.2, 0) is 6.67 Å². The summed E-state index contributed by atoms with van der Waals surface area (Å²) < 4.78 is 13.7. The van der Waals surface area contributed by atoms with Crippen LogP contribution in [0.2, 0.25) is 0 Å². The first-order valence-corrected chi connectivity index (χ1v) is 6.32. The second-order valence-corrected chi connectivity index (χ2v) is 5.06. The van der Waals surface area contributed by atoms with E-state index in [1.165, 1.54) is 15.0 Å². The van der Waals surface area contributed by atoms with Gasteiger partial charge in [0.2, 0.25) is 0 Å². The second kappa shape index (κ2) is 4.30. The average molecular weight is 242 g/mol. The van der Waals surface area contributed by atoms with Crippen molar-refractivity contribution in [3.8, 4) is 10.4 Å². The molecule has 0 bridgehead atoms. The number of rotatable bonds is 2. The number of fused-ring (bicyclic) bond motifs is 1. The van der Waals surface area contributed by atoms with Crippen molar-refractivity contribution in [2.45, 2.75) is 6.67 Å². The summed E-state index contributed by atoms with van der Waals surface area (Å²) in [5, 5.41) is 1.27. The highest BCUT2D eigenvalue weighted by Crippen LogP contribution is 2.33. The van der Waals surface area contributed by atoms with E-state index in [1.54, 1.807) is 11.3 Å². The van der Waals surface area contributed by atoms with Crippen LogP contribution in [-0.4, -0.2) is 0 Å². The van der Waals surface area contributed by atoms with Crippen LogP contribution in [0.5, 0.6) is 0 Å². The number of benzene rings is 2. The fourth-order valence-corrected chi connectivity index (χ4v) is 2.95. The first kappa shape index (κ1) is 10.5. The zero-order valence-corrected chi connectivity index (χ0v) is 10.0. The molecular weight excluding hydrogens is 231 g/mol. The first-order valence-electron chi connectivity index (χ1n) is 5.51. The van der Waals surface area contributed by atoms with Crippen LogP contribution in [0.15, 0.2) is 54.6 Å². The van der Waals surface area contributed by atoms with Gasteiger partial charge in [-0.1, -0.05) is 42.5 Å². The minimum Gasteiger partial charge on any atom is -0.246 e. The zero-order chi connectivity index (χ0) is 11.7. The van der Waals surface area contributed by atoms with Gasteiger partial charge in [0.25, 0.3) is 0 Å². The van der Waals surface area contributed by atoms with Gasteiger partial charge in [0.1, 0.15) is 6.67 Å². The third-order valence-electron chi connectivity index (χ3n) is 2.82. The summed E-state index contributed by atoms with van der Waals surface area (Å²) in [7, 11) is 0. The number of hydrogen-bond donors (Lipinski definition) is 0. The van der Waals surface area contributed by atoms with Crippen molar-refractivity contribution in [3.05, 3.63) is 60.2 Å². The van der Waals surface area contributed by atoms with E-state index in [1.807, 2.05) is 30.3 Å². The Kier molecular flexibility index (Phi) is 2.65. The molecule has 0 saturated carbocycles. The lowest BCUT2D eigenvalue weighted by Crippen LogP contribution is -1.77. The Balaban J connectivity index is 2.07. The van der Waals surface area contributed by atoms with Gasteiger partial charge in [-0.3, -0.25) is 0 Å². The molecule has 0 fully saturated rings. The van der Waals surface area contributed by atoms with Gasteiger partial charge in [0, 0.05) is 9.58 Å². The highest BCUT2D eigenvalue weighted by Gasteiger charge is 2.03. The molecule has 0 N–H and O–H groups in total. The lowest BCUT2D eigenvalue weighted by atomic mass is 10.1. The van der Waals surface area contributed by atoms with Crippen LogP contribution >= 0.6 is 11.3 Å². The molecule has 1 aromatic heterocycles. The van der Waals surface area contributed by atoms with E-state index in [0.29, 0.717) is 0 Å². The maximum Gasteiger partial charge on any atom is 0.115 e. The van der Waals surface area contributed by atoms with Crippen molar-refractivity contribution in [1.29, 1.82) is 0 Å². The van der Waals surface area contributed by atoms with Crippen LogP contribution in [0.4, 0.5) is 4.39 Å². The summed E-state index contributed by atoms with van der Waals surface area (Å²) in [5.74, 6) is 0. The van der Waals surface area contributed by atoms with E-state index in [4.69, 9.17) is 0 Å². The molecule has 0 nitrogen and oxygen atoms in total. The molecule has 0 radical (unpaired) electrons. The molecule has 0 atom stereocenters. The quantitative estimate of drug-likeness (QED) is 0.590. The highest BCUT2D eigenvalue weighted by molar-refractivity contribution is 7.22. The van der Waals surface area contributed by atoms with Gasteiger partial charge in [-0.05, 0) is 28.6 Å². The minimum atomic E-state index is -0.396. The lowest BCUT2D eigenvalue weighted by Gasteiger charge is -1.98. The molecule has 0 amide bonds. The van der Waals surface area contributed by atoms with Gasteiger partial charge in [-0.15, -0.1) is 11.3 Å². The molecule has 84 valence electrons. The van der Waals surface area contributed by atoms with E-state index in [0.717, 1.165) is 11.1 Å². The van der Waals surface area contributed by atoms with Gasteiger partial charge in [0.05, 0.1) is 0 Å². The summed E-state index contributed by atoms with van der Waals surface area (Å²) in [5.41, 5.74) is 1.89. The van der Waals surface area contributed by atoms with Crippen LogP contribution in [0.25, 0.3) is 20.5 Å². The van der Waals surface area contributed by atoms with Gasteiger partial charge < -0.3 is 0 Å². The smallest absolute Gasteiger partial charge is 0.115 e. The zero-order valence-electron chi connectivity index (χ0n) is 9.19. The third kappa shape index (κ3) is 1.96. The molecule has 0 aliphatic rings. The van der Waals surface area contributed by atoms with E-state index in [2.05, 4.69) is 24.3 Å². The number of hydrogen-bond acceptors (Lipinski definition) is 1. The Bertz CT molecular complexity index is 604. The highest BCUT2D eigenvalue weighted by atomic mass is 32.1. The Hall–Kier alpha value is -1.67. The molecule has 0 saturated heterocycles. The Morgan fingerprint density at radius 2 is 1.71 bits per heavy atom. The molecule has 2 heteroatoms. The van der Waals surface area contributed by atoms with Crippen LogP contribution in [0.1, 0.15) is 5.56 Å². The predicted molar refractivity (Wildman–Crippen MR) is 72.1 cm³/mol. The lowest BCUT2D eigenvalue weighted by molar-refractivity contribution is 0.485. The van der Waals surface area contributed by atoms with Gasteiger partial charge in [-0.25, -0.2) is 4.39 Å². The topological polar surface area (TPSA) is 0 Å². The summed E-state index contributed by atoms with van der Waals surface area (Å²) >= 11 is 1.77. The summed E-state index contributed by atoms with van der Waals surface area (Å²) in [6.45, 7) is -0.396. The molecule has 0 aliphatic heterocycles. The first-order chi connectivity index (χ1) is 8.36. The third-order valence-corrected chi connectivity index (χ3v) is 3.98. The van der Waals surface area contributed by atoms with Crippen LogP contribution in [0, 0.1) is 0 Å². The standard InChI is InChI=1S/C15H11FS/c16-10-11-5-7-12(8-6-11)15-9-13-3-1-2-4-14(13)17-15/h1-9H,10H2. The van der Waals surface area contributed by atoms with Crippen molar-refractivity contribution in [1.82, 2.24) is 0 Å². The normalized spacial score (nSPS) is 10.9. The van der Waals surface area contributed by atoms with Crippen molar-refractivity contribution >= 4 is 21.4 Å². The summed E-state index contributed by atoms with van der Waals surface area (Å²) in [4.78, 5) is 1.23. The Morgan fingerprint density at radius 1 is 0.941 bits per heavy atom. The average Bonchev–Trinajstić information content (AvgIpc) is 2.82. The van der Waals surface area contributed by atoms with E-state index < -0.39 is 6.67 Å². The number of halogens is 1. The Morgan fingerprint density at radius 3 is 2.41 bits per heavy atom. The summed E-state index contributed by atoms with van der Waals surface area (Å²) in [6, 6.07) is 18.2. The largest absolute Gasteiger partial charge is 0.246 e. The minimum absolute atomic E-state index is 0.396. The fraction of sp³-hybridized carbons (Fsp3) is 0.0667. The summed E-state index contributed by atoms with van der Waals surface area (Å²) in [6.07, 6.45) is 0. The number of thiophene rings is 1. The SMILES string of the molecule is FCc1ccc(-c2cc3ccccc3s2)cc1. The molecule has 3 rings (SSSR count). The molecule has 17 heavy (non-hydrogen) atoms. The fourth-order valence-electron chi connectivity index (χ4n) is 1.88. The van der Waals surface area contributed by atoms with Gasteiger partial charge in [0.15, 0.2) is 0 Å². The molecule has 2 aromatic carbocycles. The molecule has 0 spiro atoms. The molecule has 3 aromatic rings. The molecular formula is C15H11FS. The van der Waals surface area contributed by atoms with Crippen LogP contribution < -0.4 is 0 Å². The Labute approximate surface area is 103 Å². The van der Waals surface area contributed by atoms with Crippen LogP contribution in [0.3, 0.4) is 0 Å². The van der Waals surface area contributed by atoms with Gasteiger partial charge in [-0.2, -0.15) is 0 Å². The number of alkyl halides is 1. The molecule has 0 aliphatic carbocycles. The van der Waals surface area contributed by atoms with E-state index >= 15 is 0 Å². The predicted octanol–water partition coefficient (Wildman–Crippen LogP) is 5.04.